The first-order valence-corrected chi connectivity index (χ1v) is 7.66. The normalized spacial score (nSPS) is 25.1. The summed E-state index contributed by atoms with van der Waals surface area (Å²) in [4.78, 5) is 11.6. The largest absolute Gasteiger partial charge is 0.391 e. The summed E-state index contributed by atoms with van der Waals surface area (Å²) in [6, 6.07) is 0. The van der Waals surface area contributed by atoms with E-state index in [0.717, 1.165) is 0 Å². The van der Waals surface area contributed by atoms with E-state index in [1.807, 2.05) is 0 Å². The molecule has 0 bridgehead atoms. The number of rotatable bonds is 4. The van der Waals surface area contributed by atoms with Crippen molar-refractivity contribution in [2.75, 3.05) is 12.3 Å². The highest BCUT2D eigenvalue weighted by atomic mass is 32.2. The molecule has 1 amide bonds. The predicted octanol–water partition coefficient (Wildman–Crippen LogP) is 0.760. The van der Waals surface area contributed by atoms with Gasteiger partial charge in [0.2, 0.25) is 15.9 Å². The molecule has 0 radical (unpaired) electrons. The van der Waals surface area contributed by atoms with Crippen molar-refractivity contribution in [2.24, 2.45) is 17.0 Å². The second-order valence-corrected chi connectivity index (χ2v) is 6.49. The Balaban J connectivity index is 2.44. The van der Waals surface area contributed by atoms with Crippen LogP contribution in [0.4, 0.5) is 13.2 Å². The third-order valence-electron chi connectivity index (χ3n) is 3.19. The van der Waals surface area contributed by atoms with Crippen molar-refractivity contribution in [1.29, 1.82) is 0 Å². The Morgan fingerprint density at radius 2 is 1.95 bits per heavy atom. The van der Waals surface area contributed by atoms with Crippen LogP contribution in [0.2, 0.25) is 0 Å². The molecule has 1 saturated carbocycles. The van der Waals surface area contributed by atoms with Gasteiger partial charge in [0.05, 0.1) is 11.7 Å². The van der Waals surface area contributed by atoms with Gasteiger partial charge in [-0.05, 0) is 19.3 Å². The quantitative estimate of drug-likeness (QED) is 0.803. The molecular weight excluding hydrogens is 285 g/mol. The summed E-state index contributed by atoms with van der Waals surface area (Å²) < 4.78 is 59.0. The zero-order valence-corrected chi connectivity index (χ0v) is 11.1. The van der Waals surface area contributed by atoms with Crippen LogP contribution in [-0.4, -0.2) is 32.8 Å². The first-order valence-electron chi connectivity index (χ1n) is 5.94. The second-order valence-electron chi connectivity index (χ2n) is 4.76. The Morgan fingerprint density at radius 1 is 1.32 bits per heavy atom. The van der Waals surface area contributed by atoms with Crippen LogP contribution >= 0.6 is 0 Å². The van der Waals surface area contributed by atoms with Gasteiger partial charge in [0.1, 0.15) is 0 Å². The average Bonchev–Trinajstić information content (AvgIpc) is 2.26. The maximum Gasteiger partial charge on any atom is 0.391 e. The van der Waals surface area contributed by atoms with Crippen LogP contribution in [0, 0.1) is 11.8 Å². The zero-order chi connectivity index (χ0) is 14.7. The van der Waals surface area contributed by atoms with E-state index in [1.165, 1.54) is 0 Å². The standard InChI is InChI=1S/C10H17F3N2O3S/c11-10(12,13)8-3-1-2-7(6-8)9(16)15-4-5-19(14,17)18/h7-8H,1-6H2,(H,15,16)(H2,14,17,18). The lowest BCUT2D eigenvalue weighted by Crippen LogP contribution is -2.39. The number of alkyl halides is 3. The lowest BCUT2D eigenvalue weighted by atomic mass is 9.80. The molecule has 0 spiro atoms. The van der Waals surface area contributed by atoms with Crippen molar-refractivity contribution < 1.29 is 26.4 Å². The minimum Gasteiger partial charge on any atom is -0.355 e. The highest BCUT2D eigenvalue weighted by molar-refractivity contribution is 7.89. The minimum absolute atomic E-state index is 0.0461. The maximum absolute atomic E-state index is 12.6. The Morgan fingerprint density at radius 3 is 2.47 bits per heavy atom. The monoisotopic (exact) mass is 302 g/mol. The molecule has 19 heavy (non-hydrogen) atoms. The van der Waals surface area contributed by atoms with E-state index in [1.54, 1.807) is 0 Å². The predicted molar refractivity (Wildman–Crippen MR) is 62.5 cm³/mol. The number of hydrogen-bond donors (Lipinski definition) is 2. The van der Waals surface area contributed by atoms with Gasteiger partial charge in [-0.2, -0.15) is 13.2 Å². The summed E-state index contributed by atoms with van der Waals surface area (Å²) in [5, 5.41) is 7.07. The smallest absolute Gasteiger partial charge is 0.355 e. The summed E-state index contributed by atoms with van der Waals surface area (Å²) in [5.41, 5.74) is 0. The second kappa shape index (κ2) is 6.08. The van der Waals surface area contributed by atoms with Crippen LogP contribution < -0.4 is 10.5 Å². The highest BCUT2D eigenvalue weighted by Gasteiger charge is 2.43. The summed E-state index contributed by atoms with van der Waals surface area (Å²) >= 11 is 0. The molecule has 0 aliphatic heterocycles. The van der Waals surface area contributed by atoms with Crippen LogP contribution in [0.3, 0.4) is 0 Å². The molecule has 112 valence electrons. The molecule has 9 heteroatoms. The fourth-order valence-corrected chi connectivity index (χ4v) is 2.57. The van der Waals surface area contributed by atoms with Crippen LogP contribution in [-0.2, 0) is 14.8 Å². The molecule has 1 aliphatic carbocycles. The number of carbonyl (C=O) groups excluding carboxylic acids is 1. The number of amides is 1. The van der Waals surface area contributed by atoms with E-state index in [-0.39, 0.29) is 19.4 Å². The summed E-state index contributed by atoms with van der Waals surface area (Å²) in [6.07, 6.45) is -3.72. The van der Waals surface area contributed by atoms with E-state index in [2.05, 4.69) is 5.32 Å². The van der Waals surface area contributed by atoms with Crippen molar-refractivity contribution >= 4 is 15.9 Å². The molecule has 0 aromatic carbocycles. The highest BCUT2D eigenvalue weighted by Crippen LogP contribution is 2.39. The van der Waals surface area contributed by atoms with Gasteiger partial charge in [0.25, 0.3) is 0 Å². The number of nitrogens with one attached hydrogen (secondary N) is 1. The van der Waals surface area contributed by atoms with Crippen molar-refractivity contribution in [3.63, 3.8) is 0 Å². The average molecular weight is 302 g/mol. The van der Waals surface area contributed by atoms with Gasteiger partial charge in [-0.3, -0.25) is 4.79 Å². The van der Waals surface area contributed by atoms with Crippen LogP contribution in [0.1, 0.15) is 25.7 Å². The van der Waals surface area contributed by atoms with Gasteiger partial charge in [-0.15, -0.1) is 0 Å². The van der Waals surface area contributed by atoms with E-state index >= 15 is 0 Å². The summed E-state index contributed by atoms with van der Waals surface area (Å²) in [6.45, 7) is -0.176. The number of sulfonamides is 1. The third-order valence-corrected chi connectivity index (χ3v) is 3.97. The molecule has 0 heterocycles. The summed E-state index contributed by atoms with van der Waals surface area (Å²) in [7, 11) is -3.68. The zero-order valence-electron chi connectivity index (χ0n) is 10.2. The van der Waals surface area contributed by atoms with Crippen molar-refractivity contribution in [3.8, 4) is 0 Å². The molecular formula is C10H17F3N2O3S. The first kappa shape index (κ1) is 16.2. The topological polar surface area (TPSA) is 89.3 Å². The van der Waals surface area contributed by atoms with Gasteiger partial charge in [0, 0.05) is 12.5 Å². The molecule has 0 aromatic heterocycles. The number of nitrogens with two attached hydrogens (primary N) is 1. The molecule has 0 aromatic rings. The Hall–Kier alpha value is -0.830. The molecule has 2 unspecified atom stereocenters. The van der Waals surface area contributed by atoms with Crippen LogP contribution in [0.5, 0.6) is 0 Å². The van der Waals surface area contributed by atoms with E-state index in [4.69, 9.17) is 5.14 Å². The van der Waals surface area contributed by atoms with E-state index in [9.17, 15) is 26.4 Å². The molecule has 0 saturated heterocycles. The van der Waals surface area contributed by atoms with Gasteiger partial charge in [-0.25, -0.2) is 13.6 Å². The van der Waals surface area contributed by atoms with Crippen molar-refractivity contribution in [3.05, 3.63) is 0 Å². The Bertz CT molecular complexity index is 422. The fraction of sp³-hybridized carbons (Fsp3) is 0.900. The molecule has 3 N–H and O–H groups in total. The van der Waals surface area contributed by atoms with Crippen LogP contribution in [0.15, 0.2) is 0 Å². The van der Waals surface area contributed by atoms with Crippen molar-refractivity contribution in [1.82, 2.24) is 5.32 Å². The number of carbonyl (C=O) groups is 1. The van der Waals surface area contributed by atoms with Crippen LogP contribution in [0.25, 0.3) is 0 Å². The maximum atomic E-state index is 12.6. The Kier molecular flexibility index (Phi) is 5.19. The van der Waals surface area contributed by atoms with E-state index in [0.29, 0.717) is 12.8 Å². The fourth-order valence-electron chi connectivity index (χ4n) is 2.19. The molecule has 5 nitrogen and oxygen atoms in total. The molecule has 1 rings (SSSR count). The lowest BCUT2D eigenvalue weighted by Gasteiger charge is -2.29. The molecule has 1 aliphatic rings. The first-order chi connectivity index (χ1) is 8.59. The summed E-state index contributed by atoms with van der Waals surface area (Å²) in [5.74, 6) is -3.11. The SMILES string of the molecule is NS(=O)(=O)CCNC(=O)C1CCCC(C(F)(F)F)C1. The molecule has 2 atom stereocenters. The van der Waals surface area contributed by atoms with Gasteiger partial charge < -0.3 is 5.32 Å². The van der Waals surface area contributed by atoms with Gasteiger partial charge in [-0.1, -0.05) is 6.42 Å². The Labute approximate surface area is 109 Å². The minimum atomic E-state index is -4.28. The number of hydrogen-bond acceptors (Lipinski definition) is 3. The lowest BCUT2D eigenvalue weighted by molar-refractivity contribution is -0.186. The number of primary sulfonamides is 1. The van der Waals surface area contributed by atoms with Crippen molar-refractivity contribution in [2.45, 2.75) is 31.9 Å². The number of halogens is 3. The van der Waals surface area contributed by atoms with Gasteiger partial charge >= 0.3 is 6.18 Å². The molecule has 1 fully saturated rings. The van der Waals surface area contributed by atoms with Gasteiger partial charge in [0.15, 0.2) is 0 Å². The van der Waals surface area contributed by atoms with E-state index < -0.39 is 39.7 Å². The third kappa shape index (κ3) is 5.77.